The van der Waals surface area contributed by atoms with Crippen molar-refractivity contribution in [1.29, 1.82) is 0 Å². The van der Waals surface area contributed by atoms with E-state index in [1.54, 1.807) is 0 Å². The summed E-state index contributed by atoms with van der Waals surface area (Å²) in [7, 11) is 0. The molecule has 3 heteroatoms. The van der Waals surface area contributed by atoms with Crippen LogP contribution < -0.4 is 0 Å². The Labute approximate surface area is 297 Å². The fourth-order valence-corrected chi connectivity index (χ4v) is 7.00. The Kier molecular flexibility index (Phi) is 42.9. The monoisotopic (exact) mass is 665 g/mol. The number of aliphatic hydroxyl groups is 1. The molecule has 3 nitrogen and oxygen atoms in total. The number of ether oxygens (including phenoxy) is 1. The summed E-state index contributed by atoms with van der Waals surface area (Å²) in [4.78, 5) is 11.9. The van der Waals surface area contributed by atoms with Crippen molar-refractivity contribution >= 4 is 5.97 Å². The lowest BCUT2D eigenvalue weighted by Crippen LogP contribution is -2.05. The molecule has 0 heterocycles. The third-order valence-corrected chi connectivity index (χ3v) is 10.3. The smallest absolute Gasteiger partial charge is 0.305 e. The highest BCUT2D eigenvalue weighted by Crippen LogP contribution is 2.17. The van der Waals surface area contributed by atoms with Gasteiger partial charge in [-0.2, -0.15) is 0 Å². The predicted molar refractivity (Wildman–Crippen MR) is 208 cm³/mol. The van der Waals surface area contributed by atoms with E-state index in [9.17, 15) is 4.79 Å². The van der Waals surface area contributed by atoms with E-state index >= 15 is 0 Å². The van der Waals surface area contributed by atoms with Crippen LogP contribution in [0.5, 0.6) is 0 Å². The van der Waals surface area contributed by atoms with E-state index in [4.69, 9.17) is 9.84 Å². The van der Waals surface area contributed by atoms with Crippen LogP contribution in [0.4, 0.5) is 0 Å². The first-order chi connectivity index (χ1) is 23.3. The lowest BCUT2D eigenvalue weighted by Gasteiger charge is -2.06. The molecule has 0 aromatic carbocycles. The van der Waals surface area contributed by atoms with Gasteiger partial charge in [0.15, 0.2) is 0 Å². The molecule has 0 unspecified atom stereocenters. The lowest BCUT2D eigenvalue weighted by molar-refractivity contribution is -0.143. The summed E-state index contributed by atoms with van der Waals surface area (Å²) in [6, 6.07) is 0. The predicted octanol–water partition coefficient (Wildman–Crippen LogP) is 15.1. The van der Waals surface area contributed by atoms with Gasteiger partial charge in [0.1, 0.15) is 0 Å². The van der Waals surface area contributed by atoms with Crippen LogP contribution >= 0.6 is 0 Å². The van der Waals surface area contributed by atoms with Gasteiger partial charge in [0.25, 0.3) is 0 Å². The summed E-state index contributed by atoms with van der Waals surface area (Å²) < 4.78 is 5.44. The van der Waals surface area contributed by atoms with Crippen LogP contribution in [0.1, 0.15) is 264 Å². The van der Waals surface area contributed by atoms with E-state index in [2.05, 4.69) is 6.92 Å². The van der Waals surface area contributed by atoms with E-state index in [0.29, 0.717) is 19.6 Å². The first-order valence-electron chi connectivity index (χ1n) is 22.1. The Hall–Kier alpha value is -0.570. The van der Waals surface area contributed by atoms with Gasteiger partial charge in [0.05, 0.1) is 6.61 Å². The topological polar surface area (TPSA) is 46.5 Å². The molecule has 47 heavy (non-hydrogen) atoms. The number of carbonyl (C=O) groups is 1. The normalized spacial score (nSPS) is 11.4. The molecular weight excluding hydrogens is 576 g/mol. The highest BCUT2D eigenvalue weighted by molar-refractivity contribution is 5.69. The lowest BCUT2D eigenvalue weighted by atomic mass is 10.0. The van der Waals surface area contributed by atoms with Gasteiger partial charge in [-0.15, -0.1) is 0 Å². The van der Waals surface area contributed by atoms with E-state index in [0.717, 1.165) is 19.3 Å². The summed E-state index contributed by atoms with van der Waals surface area (Å²) in [5.74, 6) is 0.0231. The minimum Gasteiger partial charge on any atom is -0.466 e. The largest absolute Gasteiger partial charge is 0.466 e. The Balaban J connectivity index is 3.10. The van der Waals surface area contributed by atoms with Crippen molar-refractivity contribution in [2.45, 2.75) is 264 Å². The summed E-state index contributed by atoms with van der Waals surface area (Å²) in [6.07, 6.45) is 53.7. The highest BCUT2D eigenvalue weighted by Gasteiger charge is 2.03. The SMILES string of the molecule is CCCCCCCCCCCC(=O)OCCCCCCCCCCCCCCCCCCCCCCCCCCCCCCCCO. The first kappa shape index (κ1) is 46.4. The summed E-state index contributed by atoms with van der Waals surface area (Å²) in [5.41, 5.74) is 0. The average Bonchev–Trinajstić information content (AvgIpc) is 3.08. The number of hydrogen-bond acceptors (Lipinski definition) is 3. The number of rotatable bonds is 42. The zero-order chi connectivity index (χ0) is 34.0. The van der Waals surface area contributed by atoms with Crippen LogP contribution in [0.25, 0.3) is 0 Å². The number of carbonyl (C=O) groups excluding carboxylic acids is 1. The summed E-state index contributed by atoms with van der Waals surface area (Å²) in [5, 5.41) is 8.80. The number of aliphatic hydroxyl groups excluding tert-OH is 1. The van der Waals surface area contributed by atoms with Gasteiger partial charge >= 0.3 is 5.97 Å². The molecule has 0 aromatic heterocycles. The van der Waals surface area contributed by atoms with Gasteiger partial charge in [0.2, 0.25) is 0 Å². The Morgan fingerprint density at radius 2 is 0.574 bits per heavy atom. The molecule has 0 aliphatic rings. The fourth-order valence-electron chi connectivity index (χ4n) is 7.00. The van der Waals surface area contributed by atoms with Gasteiger partial charge in [-0.05, 0) is 19.3 Å². The van der Waals surface area contributed by atoms with Crippen molar-refractivity contribution < 1.29 is 14.6 Å². The summed E-state index contributed by atoms with van der Waals surface area (Å²) >= 11 is 0. The zero-order valence-corrected chi connectivity index (χ0v) is 32.5. The van der Waals surface area contributed by atoms with Crippen LogP contribution in [0.2, 0.25) is 0 Å². The van der Waals surface area contributed by atoms with Gasteiger partial charge in [-0.25, -0.2) is 0 Å². The number of unbranched alkanes of at least 4 members (excludes halogenated alkanes) is 37. The van der Waals surface area contributed by atoms with Crippen LogP contribution in [-0.4, -0.2) is 24.3 Å². The molecule has 282 valence electrons. The van der Waals surface area contributed by atoms with Crippen LogP contribution in [-0.2, 0) is 9.53 Å². The van der Waals surface area contributed by atoms with Crippen molar-refractivity contribution in [1.82, 2.24) is 0 Å². The Morgan fingerprint density at radius 1 is 0.340 bits per heavy atom. The standard InChI is InChI=1S/C44H88O3/c1-2-3-4-5-6-29-32-35-38-41-44(46)47-43-40-37-34-31-28-26-24-22-20-18-16-14-12-10-8-7-9-11-13-15-17-19-21-23-25-27-30-33-36-39-42-45/h45H,2-43H2,1H3. The number of esters is 1. The Bertz CT molecular complexity index is 562. The van der Waals surface area contributed by atoms with Gasteiger partial charge in [-0.3, -0.25) is 4.79 Å². The molecule has 0 aromatic rings. The second kappa shape index (κ2) is 43.5. The van der Waals surface area contributed by atoms with E-state index in [1.165, 1.54) is 231 Å². The molecule has 0 atom stereocenters. The first-order valence-corrected chi connectivity index (χ1v) is 22.1. The average molecular weight is 665 g/mol. The van der Waals surface area contributed by atoms with Crippen LogP contribution in [0.15, 0.2) is 0 Å². The summed E-state index contributed by atoms with van der Waals surface area (Å²) in [6.45, 7) is 3.27. The quantitative estimate of drug-likeness (QED) is 0.0522. The highest BCUT2D eigenvalue weighted by atomic mass is 16.5. The maximum absolute atomic E-state index is 11.9. The van der Waals surface area contributed by atoms with Crippen LogP contribution in [0.3, 0.4) is 0 Å². The van der Waals surface area contributed by atoms with Crippen LogP contribution in [0, 0.1) is 0 Å². The molecule has 0 spiro atoms. The Morgan fingerprint density at radius 3 is 0.851 bits per heavy atom. The third kappa shape index (κ3) is 43.4. The molecule has 0 saturated carbocycles. The molecule has 0 bridgehead atoms. The maximum Gasteiger partial charge on any atom is 0.305 e. The second-order valence-corrected chi connectivity index (χ2v) is 15.1. The third-order valence-electron chi connectivity index (χ3n) is 10.3. The molecule has 0 fully saturated rings. The number of hydrogen-bond donors (Lipinski definition) is 1. The fraction of sp³-hybridized carbons (Fsp3) is 0.977. The van der Waals surface area contributed by atoms with Crippen molar-refractivity contribution in [3.05, 3.63) is 0 Å². The second-order valence-electron chi connectivity index (χ2n) is 15.1. The van der Waals surface area contributed by atoms with Gasteiger partial charge in [0, 0.05) is 13.0 Å². The van der Waals surface area contributed by atoms with Crippen molar-refractivity contribution in [3.8, 4) is 0 Å². The maximum atomic E-state index is 11.9. The molecule has 0 aliphatic heterocycles. The minimum atomic E-state index is 0.0231. The van der Waals surface area contributed by atoms with E-state index < -0.39 is 0 Å². The molecule has 0 saturated heterocycles. The molecular formula is C44H88O3. The molecule has 0 radical (unpaired) electrons. The minimum absolute atomic E-state index is 0.0231. The van der Waals surface area contributed by atoms with Gasteiger partial charge in [-0.1, -0.05) is 238 Å². The van der Waals surface area contributed by atoms with Gasteiger partial charge < -0.3 is 9.84 Å². The molecule has 0 aliphatic carbocycles. The molecule has 1 N–H and O–H groups in total. The van der Waals surface area contributed by atoms with Crippen molar-refractivity contribution in [2.24, 2.45) is 0 Å². The van der Waals surface area contributed by atoms with Crippen molar-refractivity contribution in [3.63, 3.8) is 0 Å². The zero-order valence-electron chi connectivity index (χ0n) is 32.5. The van der Waals surface area contributed by atoms with E-state index in [-0.39, 0.29) is 5.97 Å². The molecule has 0 amide bonds. The van der Waals surface area contributed by atoms with Crippen molar-refractivity contribution in [2.75, 3.05) is 13.2 Å². The molecule has 0 rings (SSSR count). The van der Waals surface area contributed by atoms with E-state index in [1.807, 2.05) is 0 Å².